The molecule has 9 nitrogen and oxygen atoms in total. The van der Waals surface area contributed by atoms with Crippen molar-refractivity contribution in [1.29, 1.82) is 0 Å². The Morgan fingerprint density at radius 1 is 1.30 bits per heavy atom. The van der Waals surface area contributed by atoms with E-state index in [2.05, 4.69) is 41.3 Å². The van der Waals surface area contributed by atoms with E-state index in [1.54, 1.807) is 17.1 Å². The highest BCUT2D eigenvalue weighted by molar-refractivity contribution is 9.10. The van der Waals surface area contributed by atoms with Crippen molar-refractivity contribution in [1.82, 2.24) is 24.6 Å². The number of aryl methyl sites for hydroxylation is 1. The van der Waals surface area contributed by atoms with Gasteiger partial charge in [0.1, 0.15) is 23.0 Å². The summed E-state index contributed by atoms with van der Waals surface area (Å²) in [5.74, 6) is 0.502. The summed E-state index contributed by atoms with van der Waals surface area (Å²) in [5, 5.41) is 7.33. The molecule has 30 heavy (non-hydrogen) atoms. The minimum atomic E-state index is -0.567. The lowest BCUT2D eigenvalue weighted by atomic mass is 10.1. The molecule has 0 aliphatic heterocycles. The van der Waals surface area contributed by atoms with E-state index in [9.17, 15) is 4.79 Å². The lowest BCUT2D eigenvalue weighted by Gasteiger charge is -2.20. The number of hydrogen-bond acceptors (Lipinski definition) is 6. The standard InChI is InChI=1S/C20H24BrN7O2/c1-12-9-13(25-19(29)30-20(2,3)4)7-8-14(12)28-16-15(17(21)26-28)22-10-23-18(16)24-11-27(5)6/h7-11H,1-6H3,(H,25,29). The number of amides is 1. The van der Waals surface area contributed by atoms with Gasteiger partial charge >= 0.3 is 6.09 Å². The van der Waals surface area contributed by atoms with Gasteiger partial charge in [-0.05, 0) is 67.4 Å². The van der Waals surface area contributed by atoms with E-state index >= 15 is 0 Å². The molecule has 10 heteroatoms. The third kappa shape index (κ3) is 4.93. The normalized spacial score (nSPS) is 11.8. The number of ether oxygens (including phenoxy) is 1. The molecule has 2 aromatic heterocycles. The van der Waals surface area contributed by atoms with Gasteiger partial charge in [0.15, 0.2) is 10.4 Å². The second-order valence-corrected chi connectivity index (χ2v) is 8.68. The predicted molar refractivity (Wildman–Crippen MR) is 121 cm³/mol. The maximum absolute atomic E-state index is 12.1. The van der Waals surface area contributed by atoms with Crippen molar-refractivity contribution in [2.45, 2.75) is 33.3 Å². The van der Waals surface area contributed by atoms with Crippen molar-refractivity contribution in [2.75, 3.05) is 19.4 Å². The Hall–Kier alpha value is -3.01. The van der Waals surface area contributed by atoms with Crippen LogP contribution >= 0.6 is 15.9 Å². The Balaban J connectivity index is 2.01. The molecule has 158 valence electrons. The SMILES string of the molecule is Cc1cc(NC(=O)OC(C)(C)C)ccc1-n1nc(Br)c2ncnc(N=CN(C)C)c21. The monoisotopic (exact) mass is 473 g/mol. The fourth-order valence-electron chi connectivity index (χ4n) is 2.73. The van der Waals surface area contributed by atoms with Crippen LogP contribution in [-0.2, 0) is 4.74 Å². The molecule has 0 unspecified atom stereocenters. The van der Waals surface area contributed by atoms with Gasteiger partial charge in [-0.3, -0.25) is 5.32 Å². The first-order valence-corrected chi connectivity index (χ1v) is 10.1. The number of rotatable bonds is 4. The molecule has 0 fully saturated rings. The fraction of sp³-hybridized carbons (Fsp3) is 0.350. The number of aromatic nitrogens is 4. The van der Waals surface area contributed by atoms with E-state index in [4.69, 9.17) is 4.74 Å². The third-order valence-corrected chi connectivity index (χ3v) is 4.41. The summed E-state index contributed by atoms with van der Waals surface area (Å²) in [7, 11) is 3.77. The number of carbonyl (C=O) groups excluding carboxylic acids is 1. The number of benzene rings is 1. The fourth-order valence-corrected chi connectivity index (χ4v) is 3.18. The summed E-state index contributed by atoms with van der Waals surface area (Å²) in [6, 6.07) is 5.51. The van der Waals surface area contributed by atoms with Gasteiger partial charge in [0.2, 0.25) is 0 Å². The summed E-state index contributed by atoms with van der Waals surface area (Å²) in [6.45, 7) is 7.39. The van der Waals surface area contributed by atoms with Crippen LogP contribution in [0.15, 0.2) is 34.1 Å². The Kier molecular flexibility index (Phi) is 6.06. The number of aliphatic imine (C=N–C) groups is 1. The average molecular weight is 474 g/mol. The van der Waals surface area contributed by atoms with Crippen LogP contribution in [0.2, 0.25) is 0 Å². The highest BCUT2D eigenvalue weighted by atomic mass is 79.9. The Morgan fingerprint density at radius 2 is 2.03 bits per heavy atom. The molecule has 1 aromatic carbocycles. The van der Waals surface area contributed by atoms with E-state index in [-0.39, 0.29) is 0 Å². The molecule has 0 saturated carbocycles. The van der Waals surface area contributed by atoms with Crippen molar-refractivity contribution in [2.24, 2.45) is 4.99 Å². The smallest absolute Gasteiger partial charge is 0.412 e. The number of halogens is 1. The average Bonchev–Trinajstić information content (AvgIpc) is 2.96. The summed E-state index contributed by atoms with van der Waals surface area (Å²) < 4.78 is 7.65. The van der Waals surface area contributed by atoms with E-state index in [0.29, 0.717) is 27.1 Å². The van der Waals surface area contributed by atoms with Crippen LogP contribution in [0, 0.1) is 6.92 Å². The lowest BCUT2D eigenvalue weighted by Crippen LogP contribution is -2.27. The second-order valence-electron chi connectivity index (χ2n) is 7.93. The van der Waals surface area contributed by atoms with Gasteiger partial charge in [-0.1, -0.05) is 0 Å². The van der Waals surface area contributed by atoms with Crippen LogP contribution < -0.4 is 5.32 Å². The van der Waals surface area contributed by atoms with Gasteiger partial charge in [0.25, 0.3) is 0 Å². The molecular formula is C20H24BrN7O2. The minimum Gasteiger partial charge on any atom is -0.444 e. The molecule has 1 amide bonds. The highest BCUT2D eigenvalue weighted by Gasteiger charge is 2.19. The second kappa shape index (κ2) is 8.39. The molecule has 2 heterocycles. The first-order chi connectivity index (χ1) is 14.0. The number of fused-ring (bicyclic) bond motifs is 1. The molecule has 0 radical (unpaired) electrons. The van der Waals surface area contributed by atoms with Crippen LogP contribution in [0.5, 0.6) is 0 Å². The number of nitrogens with zero attached hydrogens (tertiary/aromatic N) is 6. The molecule has 0 spiro atoms. The van der Waals surface area contributed by atoms with Crippen LogP contribution in [0.1, 0.15) is 26.3 Å². The summed E-state index contributed by atoms with van der Waals surface area (Å²) in [6.07, 6.45) is 2.63. The lowest BCUT2D eigenvalue weighted by molar-refractivity contribution is 0.0636. The first-order valence-electron chi connectivity index (χ1n) is 9.26. The minimum absolute atomic E-state index is 0.502. The number of anilines is 1. The molecule has 3 aromatic rings. The predicted octanol–water partition coefficient (Wildman–Crippen LogP) is 4.45. The summed E-state index contributed by atoms with van der Waals surface area (Å²) >= 11 is 3.47. The van der Waals surface area contributed by atoms with Crippen molar-refractivity contribution in [3.05, 3.63) is 34.7 Å². The zero-order valence-electron chi connectivity index (χ0n) is 17.8. The molecule has 0 saturated heterocycles. The first kappa shape index (κ1) is 21.7. The zero-order valence-corrected chi connectivity index (χ0v) is 19.4. The third-order valence-electron chi connectivity index (χ3n) is 3.88. The van der Waals surface area contributed by atoms with Crippen LogP contribution in [0.25, 0.3) is 16.7 Å². The van der Waals surface area contributed by atoms with Crippen molar-refractivity contribution in [3.63, 3.8) is 0 Å². The van der Waals surface area contributed by atoms with Crippen molar-refractivity contribution in [3.8, 4) is 5.69 Å². The van der Waals surface area contributed by atoms with Gasteiger partial charge in [0, 0.05) is 19.8 Å². The molecule has 0 bridgehead atoms. The van der Waals surface area contributed by atoms with E-state index in [1.807, 2.05) is 58.8 Å². The van der Waals surface area contributed by atoms with Gasteiger partial charge in [0.05, 0.1) is 12.0 Å². The summed E-state index contributed by atoms with van der Waals surface area (Å²) in [5.41, 5.74) is 3.11. The number of carbonyl (C=O) groups is 1. The largest absolute Gasteiger partial charge is 0.444 e. The van der Waals surface area contributed by atoms with E-state index in [1.165, 1.54) is 6.33 Å². The van der Waals surface area contributed by atoms with Gasteiger partial charge < -0.3 is 9.64 Å². The Morgan fingerprint density at radius 3 is 2.67 bits per heavy atom. The zero-order chi connectivity index (χ0) is 22.1. The quantitative estimate of drug-likeness (QED) is 0.443. The van der Waals surface area contributed by atoms with Gasteiger partial charge in [-0.25, -0.2) is 24.4 Å². The van der Waals surface area contributed by atoms with Gasteiger partial charge in [-0.15, -0.1) is 0 Å². The van der Waals surface area contributed by atoms with E-state index < -0.39 is 11.7 Å². The number of nitrogens with one attached hydrogen (secondary N) is 1. The van der Waals surface area contributed by atoms with Gasteiger partial charge in [-0.2, -0.15) is 5.10 Å². The molecule has 0 aliphatic carbocycles. The summed E-state index contributed by atoms with van der Waals surface area (Å²) in [4.78, 5) is 27.0. The topological polar surface area (TPSA) is 97.5 Å². The van der Waals surface area contributed by atoms with Crippen LogP contribution in [0.3, 0.4) is 0 Å². The van der Waals surface area contributed by atoms with Crippen LogP contribution in [-0.4, -0.2) is 56.8 Å². The van der Waals surface area contributed by atoms with Crippen molar-refractivity contribution >= 4 is 50.9 Å². The molecule has 3 rings (SSSR count). The molecule has 0 atom stereocenters. The van der Waals surface area contributed by atoms with Crippen molar-refractivity contribution < 1.29 is 9.53 Å². The Bertz CT molecular complexity index is 1120. The van der Waals surface area contributed by atoms with Crippen LogP contribution in [0.4, 0.5) is 16.3 Å². The highest BCUT2D eigenvalue weighted by Crippen LogP contribution is 2.31. The molecule has 1 N–H and O–H groups in total. The van der Waals surface area contributed by atoms with E-state index in [0.717, 1.165) is 11.3 Å². The maximum Gasteiger partial charge on any atom is 0.412 e. The Labute approximate surface area is 183 Å². The number of hydrogen-bond donors (Lipinski definition) is 1. The maximum atomic E-state index is 12.1. The molecule has 0 aliphatic rings. The molecular weight excluding hydrogens is 450 g/mol.